The number of piperidine rings is 1. The Morgan fingerprint density at radius 1 is 1.16 bits per heavy atom. The third kappa shape index (κ3) is 5.15. The summed E-state index contributed by atoms with van der Waals surface area (Å²) in [6.45, 7) is 6.44. The molecule has 1 heterocycles. The number of hydrogen-bond donors (Lipinski definition) is 0. The Morgan fingerprint density at radius 3 is 2.31 bits per heavy atom. The number of halogens is 5. The molecule has 0 spiro atoms. The van der Waals surface area contributed by atoms with Gasteiger partial charge in [-0.2, -0.15) is 13.2 Å². The summed E-state index contributed by atoms with van der Waals surface area (Å²) >= 11 is 0. The molecule has 0 unspecified atom stereocenters. The molecule has 2 amide bonds. The van der Waals surface area contributed by atoms with Crippen LogP contribution < -0.4 is 0 Å². The van der Waals surface area contributed by atoms with Gasteiger partial charge in [0.25, 0.3) is 0 Å². The fourth-order valence-corrected chi connectivity index (χ4v) is 4.20. The van der Waals surface area contributed by atoms with Crippen molar-refractivity contribution in [1.29, 1.82) is 0 Å². The van der Waals surface area contributed by atoms with Crippen LogP contribution in [0.4, 0.5) is 26.7 Å². The highest BCUT2D eigenvalue weighted by atomic mass is 19.4. The van der Waals surface area contributed by atoms with E-state index in [9.17, 15) is 31.5 Å². The van der Waals surface area contributed by atoms with Crippen molar-refractivity contribution in [3.63, 3.8) is 0 Å². The van der Waals surface area contributed by atoms with Gasteiger partial charge in [-0.05, 0) is 71.6 Å². The first-order chi connectivity index (χ1) is 14.6. The normalized spacial score (nSPS) is 23.0. The summed E-state index contributed by atoms with van der Waals surface area (Å²) in [5.74, 6) is -3.49. The third-order valence-corrected chi connectivity index (χ3v) is 5.90. The molecule has 2 atom stereocenters. The average molecular weight is 462 g/mol. The molecule has 2 aliphatic rings. The van der Waals surface area contributed by atoms with Crippen molar-refractivity contribution in [2.24, 2.45) is 0 Å². The summed E-state index contributed by atoms with van der Waals surface area (Å²) in [6, 6.07) is 0.756. The predicted molar refractivity (Wildman–Crippen MR) is 106 cm³/mol. The summed E-state index contributed by atoms with van der Waals surface area (Å²) in [5, 5.41) is 0. The summed E-state index contributed by atoms with van der Waals surface area (Å²) in [6.07, 6.45) is -5.12. The maximum absolute atomic E-state index is 14.6. The second-order valence-corrected chi connectivity index (χ2v) is 9.70. The summed E-state index contributed by atoms with van der Waals surface area (Å²) in [4.78, 5) is 27.1. The molecule has 2 fully saturated rings. The van der Waals surface area contributed by atoms with Gasteiger partial charge in [0.15, 0.2) is 0 Å². The fourth-order valence-electron chi connectivity index (χ4n) is 4.20. The van der Waals surface area contributed by atoms with E-state index in [0.717, 1.165) is 23.1 Å². The number of likely N-dealkylation sites (tertiary alicyclic amines) is 1. The first-order valence-corrected chi connectivity index (χ1v) is 10.5. The smallest absolute Gasteiger partial charge is 0.444 e. The lowest BCUT2D eigenvalue weighted by Crippen LogP contribution is -2.57. The van der Waals surface area contributed by atoms with Crippen LogP contribution in [0.15, 0.2) is 18.2 Å². The average Bonchev–Trinajstić information content (AvgIpc) is 3.39. The van der Waals surface area contributed by atoms with Gasteiger partial charge in [-0.3, -0.25) is 4.79 Å². The van der Waals surface area contributed by atoms with Gasteiger partial charge in [-0.15, -0.1) is 0 Å². The minimum absolute atomic E-state index is 0.0596. The Morgan fingerprint density at radius 2 is 1.78 bits per heavy atom. The third-order valence-electron chi connectivity index (χ3n) is 5.90. The van der Waals surface area contributed by atoms with Crippen molar-refractivity contribution >= 4 is 12.0 Å². The SMILES string of the molecule is CC(C)(C)OC(=O)N1CC[C@@H](N(C(=O)C(F)(F)F)C2(C)CC2)C[C@H]1c1cc(F)ccc1F. The number of hydrogen-bond acceptors (Lipinski definition) is 3. The highest BCUT2D eigenvalue weighted by Crippen LogP contribution is 2.47. The van der Waals surface area contributed by atoms with Crippen LogP contribution in [0.2, 0.25) is 0 Å². The van der Waals surface area contributed by atoms with Gasteiger partial charge in [0.05, 0.1) is 6.04 Å². The first kappa shape index (κ1) is 24.3. The number of rotatable bonds is 3. The van der Waals surface area contributed by atoms with Crippen LogP contribution in [0.5, 0.6) is 0 Å². The maximum Gasteiger partial charge on any atom is 0.471 e. The van der Waals surface area contributed by atoms with Gasteiger partial charge in [0.1, 0.15) is 17.2 Å². The Kier molecular flexibility index (Phi) is 6.21. The highest BCUT2D eigenvalue weighted by Gasteiger charge is 2.56. The van der Waals surface area contributed by atoms with Gasteiger partial charge in [0, 0.05) is 23.7 Å². The van der Waals surface area contributed by atoms with Crippen molar-refractivity contribution < 1.29 is 36.3 Å². The van der Waals surface area contributed by atoms with Crippen molar-refractivity contribution in [3.05, 3.63) is 35.4 Å². The standard InChI is InChI=1S/C22H27F5N2O3/c1-20(2,3)32-19(31)28-10-7-14(12-17(28)15-11-13(23)5-6-16(15)24)29(21(4)8-9-21)18(30)22(25,26)27/h5-6,11,14,17H,7-10,12H2,1-4H3/t14-,17+/m1/s1. The molecule has 32 heavy (non-hydrogen) atoms. The topological polar surface area (TPSA) is 49.9 Å². The van der Waals surface area contributed by atoms with Crippen LogP contribution in [0, 0.1) is 11.6 Å². The number of carbonyl (C=O) groups is 2. The van der Waals surface area contributed by atoms with E-state index in [4.69, 9.17) is 4.74 Å². The predicted octanol–water partition coefficient (Wildman–Crippen LogP) is 5.35. The quantitative estimate of drug-likeness (QED) is 0.569. The van der Waals surface area contributed by atoms with E-state index in [1.807, 2.05) is 0 Å². The molecule has 0 aromatic heterocycles. The van der Waals surface area contributed by atoms with Crippen LogP contribution in [0.3, 0.4) is 0 Å². The lowest BCUT2D eigenvalue weighted by molar-refractivity contribution is -0.192. The number of nitrogens with zero attached hydrogens (tertiary/aromatic N) is 2. The van der Waals surface area contributed by atoms with Gasteiger partial charge in [-0.1, -0.05) is 0 Å². The minimum atomic E-state index is -5.06. The van der Waals surface area contributed by atoms with Crippen LogP contribution in [0.1, 0.15) is 65.0 Å². The van der Waals surface area contributed by atoms with Crippen molar-refractivity contribution in [2.75, 3.05) is 6.54 Å². The molecule has 1 aliphatic carbocycles. The van der Waals surface area contributed by atoms with Crippen molar-refractivity contribution in [1.82, 2.24) is 9.80 Å². The van der Waals surface area contributed by atoms with E-state index in [1.165, 1.54) is 4.90 Å². The van der Waals surface area contributed by atoms with Gasteiger partial charge in [-0.25, -0.2) is 13.6 Å². The van der Waals surface area contributed by atoms with Gasteiger partial charge >= 0.3 is 18.2 Å². The van der Waals surface area contributed by atoms with Gasteiger partial charge in [0.2, 0.25) is 0 Å². The zero-order chi connectivity index (χ0) is 24.1. The second-order valence-electron chi connectivity index (χ2n) is 9.70. The Hall–Kier alpha value is -2.39. The second kappa shape index (κ2) is 8.19. The fraction of sp³-hybridized carbons (Fsp3) is 0.636. The Labute approximate surface area is 183 Å². The number of amides is 2. The Balaban J connectivity index is 1.98. The molecule has 0 N–H and O–H groups in total. The van der Waals surface area contributed by atoms with Gasteiger partial charge < -0.3 is 14.5 Å². The number of alkyl halides is 3. The monoisotopic (exact) mass is 462 g/mol. The molecule has 1 saturated heterocycles. The van der Waals surface area contributed by atoms with E-state index >= 15 is 0 Å². The molecule has 1 aromatic carbocycles. The highest BCUT2D eigenvalue weighted by molar-refractivity contribution is 5.83. The van der Waals surface area contributed by atoms with E-state index < -0.39 is 53.0 Å². The molecule has 1 saturated carbocycles. The largest absolute Gasteiger partial charge is 0.471 e. The molecule has 10 heteroatoms. The molecule has 0 bridgehead atoms. The molecule has 5 nitrogen and oxygen atoms in total. The summed E-state index contributed by atoms with van der Waals surface area (Å²) in [7, 11) is 0. The van der Waals surface area contributed by atoms with Crippen molar-refractivity contribution in [2.45, 2.75) is 82.8 Å². The van der Waals surface area contributed by atoms with Crippen molar-refractivity contribution in [3.8, 4) is 0 Å². The van der Waals surface area contributed by atoms with E-state index in [2.05, 4.69) is 0 Å². The van der Waals surface area contributed by atoms with Crippen LogP contribution in [-0.4, -0.2) is 51.7 Å². The summed E-state index contributed by atoms with van der Waals surface area (Å²) < 4.78 is 74.0. The van der Waals surface area contributed by atoms with Crippen LogP contribution >= 0.6 is 0 Å². The maximum atomic E-state index is 14.6. The molecule has 1 aromatic rings. The molecular formula is C22H27F5N2O3. The molecular weight excluding hydrogens is 435 g/mol. The lowest BCUT2D eigenvalue weighted by atomic mass is 9.89. The zero-order valence-corrected chi connectivity index (χ0v) is 18.4. The lowest BCUT2D eigenvalue weighted by Gasteiger charge is -2.46. The molecule has 3 rings (SSSR count). The first-order valence-electron chi connectivity index (χ1n) is 10.5. The van der Waals surface area contributed by atoms with Crippen LogP contribution in [-0.2, 0) is 9.53 Å². The number of carbonyl (C=O) groups excluding carboxylic acids is 2. The van der Waals surface area contributed by atoms with Crippen LogP contribution in [0.25, 0.3) is 0 Å². The van der Waals surface area contributed by atoms with E-state index in [0.29, 0.717) is 12.8 Å². The molecule has 178 valence electrons. The Bertz CT molecular complexity index is 893. The number of ether oxygens (including phenoxy) is 1. The number of benzene rings is 1. The minimum Gasteiger partial charge on any atom is -0.444 e. The zero-order valence-electron chi connectivity index (χ0n) is 18.4. The van der Waals surface area contributed by atoms with E-state index in [-0.39, 0.29) is 24.9 Å². The summed E-state index contributed by atoms with van der Waals surface area (Å²) in [5.41, 5.74) is -1.98. The molecule has 1 aliphatic heterocycles. The van der Waals surface area contributed by atoms with E-state index in [1.54, 1.807) is 27.7 Å². The molecule has 0 radical (unpaired) electrons.